The number of methoxy groups -OCH3 is 2. The summed E-state index contributed by atoms with van der Waals surface area (Å²) in [7, 11) is 3.10. The summed E-state index contributed by atoms with van der Waals surface area (Å²) in [4.78, 5) is 27.5. The molecule has 132 valence electrons. The fourth-order valence-electron chi connectivity index (χ4n) is 1.91. The van der Waals surface area contributed by atoms with Crippen LogP contribution >= 0.6 is 11.3 Å². The molecule has 1 heterocycles. The molecule has 1 aromatic carbocycles. The van der Waals surface area contributed by atoms with Gasteiger partial charge in [0.15, 0.2) is 22.3 Å². The van der Waals surface area contributed by atoms with Gasteiger partial charge in [-0.05, 0) is 30.7 Å². The van der Waals surface area contributed by atoms with E-state index in [0.29, 0.717) is 16.6 Å². The van der Waals surface area contributed by atoms with Crippen LogP contribution in [0.25, 0.3) is 6.08 Å². The number of nitrogens with zero attached hydrogens (tertiary/aromatic N) is 1. The summed E-state index contributed by atoms with van der Waals surface area (Å²) >= 11 is 1.15. The maximum absolute atomic E-state index is 12.0. The van der Waals surface area contributed by atoms with Crippen molar-refractivity contribution in [3.05, 3.63) is 40.9 Å². The molecule has 0 unspecified atom stereocenters. The van der Waals surface area contributed by atoms with Crippen molar-refractivity contribution in [3.63, 3.8) is 0 Å². The first-order chi connectivity index (χ1) is 12.1. The largest absolute Gasteiger partial charge is 0.493 e. The van der Waals surface area contributed by atoms with Crippen LogP contribution in [0.3, 0.4) is 0 Å². The number of ether oxygens (including phenoxy) is 3. The minimum atomic E-state index is -0.514. The number of hydrogen-bond acceptors (Lipinski definition) is 7. The molecule has 8 heteroatoms. The van der Waals surface area contributed by atoms with Gasteiger partial charge in [-0.3, -0.25) is 10.1 Å². The molecule has 0 fully saturated rings. The lowest BCUT2D eigenvalue weighted by Crippen LogP contribution is -2.09. The first kappa shape index (κ1) is 18.5. The Bertz CT molecular complexity index is 785. The van der Waals surface area contributed by atoms with Crippen LogP contribution in [-0.4, -0.2) is 37.7 Å². The van der Waals surface area contributed by atoms with E-state index in [4.69, 9.17) is 14.2 Å². The van der Waals surface area contributed by atoms with Gasteiger partial charge >= 0.3 is 5.97 Å². The zero-order valence-electron chi connectivity index (χ0n) is 14.1. The Hall–Kier alpha value is -2.87. The highest BCUT2D eigenvalue weighted by molar-refractivity contribution is 7.14. The second-order valence-corrected chi connectivity index (χ2v) is 5.55. The summed E-state index contributed by atoms with van der Waals surface area (Å²) in [6.45, 7) is 1.98. The van der Waals surface area contributed by atoms with E-state index in [1.54, 1.807) is 45.4 Å². The van der Waals surface area contributed by atoms with Crippen LogP contribution in [0.1, 0.15) is 23.0 Å². The molecule has 2 rings (SSSR count). The molecule has 0 aliphatic carbocycles. The second kappa shape index (κ2) is 8.84. The molecule has 0 aliphatic rings. The van der Waals surface area contributed by atoms with Gasteiger partial charge in [-0.2, -0.15) is 0 Å². The molecular weight excluding hydrogens is 344 g/mol. The van der Waals surface area contributed by atoms with Gasteiger partial charge in [-0.15, -0.1) is 11.3 Å². The van der Waals surface area contributed by atoms with Crippen LogP contribution in [0.4, 0.5) is 5.13 Å². The van der Waals surface area contributed by atoms with E-state index in [1.165, 1.54) is 11.5 Å². The van der Waals surface area contributed by atoms with E-state index in [0.717, 1.165) is 16.9 Å². The van der Waals surface area contributed by atoms with Crippen LogP contribution in [0, 0.1) is 0 Å². The van der Waals surface area contributed by atoms with Crippen molar-refractivity contribution in [2.45, 2.75) is 6.92 Å². The summed E-state index contributed by atoms with van der Waals surface area (Å²) in [5, 5.41) is 4.46. The van der Waals surface area contributed by atoms with Crippen molar-refractivity contribution in [3.8, 4) is 11.5 Å². The molecule has 7 nitrogen and oxygen atoms in total. The Balaban J connectivity index is 2.00. The number of esters is 1. The Morgan fingerprint density at radius 2 is 2.00 bits per heavy atom. The maximum Gasteiger partial charge on any atom is 0.357 e. The standard InChI is InChI=1S/C17H18N2O5S/c1-4-24-16(21)12-10-25-17(18-12)19-15(20)8-6-11-5-7-13(22-2)14(9-11)23-3/h5-10H,4H2,1-3H3,(H,18,19,20)/b8-6+. The molecule has 2 aromatic rings. The van der Waals surface area contributed by atoms with Gasteiger partial charge in [-0.25, -0.2) is 9.78 Å². The number of benzene rings is 1. The van der Waals surface area contributed by atoms with Crippen molar-refractivity contribution in [2.24, 2.45) is 0 Å². The number of carbonyl (C=O) groups excluding carboxylic acids is 2. The number of amides is 1. The fraction of sp³-hybridized carbons (Fsp3) is 0.235. The fourth-order valence-corrected chi connectivity index (χ4v) is 2.59. The molecule has 0 saturated heterocycles. The smallest absolute Gasteiger partial charge is 0.357 e. The van der Waals surface area contributed by atoms with E-state index in [-0.39, 0.29) is 18.2 Å². The number of rotatable bonds is 7. The summed E-state index contributed by atoms with van der Waals surface area (Å²) in [5.74, 6) is 0.308. The van der Waals surface area contributed by atoms with E-state index < -0.39 is 5.97 Å². The number of carbonyl (C=O) groups is 2. The first-order valence-corrected chi connectivity index (χ1v) is 8.29. The Morgan fingerprint density at radius 1 is 1.24 bits per heavy atom. The lowest BCUT2D eigenvalue weighted by molar-refractivity contribution is -0.111. The van der Waals surface area contributed by atoms with E-state index in [1.807, 2.05) is 0 Å². The Kier molecular flexibility index (Phi) is 6.53. The highest BCUT2D eigenvalue weighted by Gasteiger charge is 2.12. The number of hydrogen-bond donors (Lipinski definition) is 1. The zero-order chi connectivity index (χ0) is 18.2. The van der Waals surface area contributed by atoms with Crippen LogP contribution < -0.4 is 14.8 Å². The van der Waals surface area contributed by atoms with Crippen LogP contribution in [0.2, 0.25) is 0 Å². The number of aromatic nitrogens is 1. The van der Waals surface area contributed by atoms with Gasteiger partial charge < -0.3 is 14.2 Å². The van der Waals surface area contributed by atoms with Gasteiger partial charge in [0.2, 0.25) is 5.91 Å². The lowest BCUT2D eigenvalue weighted by atomic mass is 10.2. The van der Waals surface area contributed by atoms with Crippen molar-refractivity contribution in [2.75, 3.05) is 26.1 Å². The average molecular weight is 362 g/mol. The molecule has 0 atom stereocenters. The first-order valence-electron chi connectivity index (χ1n) is 7.41. The lowest BCUT2D eigenvalue weighted by Gasteiger charge is -2.07. The van der Waals surface area contributed by atoms with Gasteiger partial charge in [0.25, 0.3) is 0 Å². The van der Waals surface area contributed by atoms with Crippen LogP contribution in [0.15, 0.2) is 29.7 Å². The van der Waals surface area contributed by atoms with Gasteiger partial charge in [0.1, 0.15) is 0 Å². The van der Waals surface area contributed by atoms with Crippen molar-refractivity contribution >= 4 is 34.4 Å². The van der Waals surface area contributed by atoms with Gasteiger partial charge in [0, 0.05) is 11.5 Å². The second-order valence-electron chi connectivity index (χ2n) is 4.70. The van der Waals surface area contributed by atoms with E-state index in [9.17, 15) is 9.59 Å². The normalized spacial score (nSPS) is 10.5. The summed E-state index contributed by atoms with van der Waals surface area (Å²) in [6, 6.07) is 5.31. The van der Waals surface area contributed by atoms with Crippen molar-refractivity contribution in [1.29, 1.82) is 0 Å². The number of thiazole rings is 1. The number of anilines is 1. The molecule has 0 saturated carbocycles. The Morgan fingerprint density at radius 3 is 2.68 bits per heavy atom. The van der Waals surface area contributed by atoms with E-state index in [2.05, 4.69) is 10.3 Å². The summed E-state index contributed by atoms with van der Waals surface area (Å²) in [6.07, 6.45) is 3.00. The summed E-state index contributed by atoms with van der Waals surface area (Å²) in [5.41, 5.74) is 0.949. The molecule has 0 bridgehead atoms. The topological polar surface area (TPSA) is 86.8 Å². The average Bonchev–Trinajstić information content (AvgIpc) is 3.08. The maximum atomic E-state index is 12.0. The molecule has 1 N–H and O–H groups in total. The number of nitrogens with one attached hydrogen (secondary N) is 1. The van der Waals surface area contributed by atoms with Crippen molar-refractivity contribution < 1.29 is 23.8 Å². The van der Waals surface area contributed by atoms with Crippen LogP contribution in [0.5, 0.6) is 11.5 Å². The molecule has 1 aromatic heterocycles. The molecule has 0 radical (unpaired) electrons. The SMILES string of the molecule is CCOC(=O)c1csc(NC(=O)/C=C/c2ccc(OC)c(OC)c2)n1. The predicted molar refractivity (Wildman–Crippen MR) is 95.3 cm³/mol. The summed E-state index contributed by atoms with van der Waals surface area (Å²) < 4.78 is 15.2. The van der Waals surface area contributed by atoms with Gasteiger partial charge in [-0.1, -0.05) is 6.07 Å². The third kappa shape index (κ3) is 5.05. The third-order valence-corrected chi connectivity index (χ3v) is 3.81. The molecule has 25 heavy (non-hydrogen) atoms. The quantitative estimate of drug-likeness (QED) is 0.602. The zero-order valence-corrected chi connectivity index (χ0v) is 14.9. The monoisotopic (exact) mass is 362 g/mol. The third-order valence-electron chi connectivity index (χ3n) is 3.05. The van der Waals surface area contributed by atoms with Crippen LogP contribution in [-0.2, 0) is 9.53 Å². The predicted octanol–water partition coefficient (Wildman–Crippen LogP) is 2.99. The highest BCUT2D eigenvalue weighted by atomic mass is 32.1. The van der Waals surface area contributed by atoms with Gasteiger partial charge in [0.05, 0.1) is 20.8 Å². The molecular formula is C17H18N2O5S. The van der Waals surface area contributed by atoms with Crippen molar-refractivity contribution in [1.82, 2.24) is 4.98 Å². The molecule has 0 spiro atoms. The molecule has 0 aliphatic heterocycles. The highest BCUT2D eigenvalue weighted by Crippen LogP contribution is 2.28. The Labute approximate surface area is 149 Å². The molecule has 1 amide bonds. The van der Waals surface area contributed by atoms with E-state index >= 15 is 0 Å². The minimum absolute atomic E-state index is 0.172. The minimum Gasteiger partial charge on any atom is -0.493 e.